The average molecular weight is 506 g/mol. The minimum Gasteiger partial charge on any atom is -0.399 e. The van der Waals surface area contributed by atoms with E-state index in [2.05, 4.69) is 143 Å². The lowest BCUT2D eigenvalue weighted by Crippen LogP contribution is -2.41. The number of fused-ring (bicyclic) bond motifs is 6. The second kappa shape index (κ2) is 8.81. The van der Waals surface area contributed by atoms with Crippen molar-refractivity contribution >= 4 is 44.9 Å². The maximum Gasteiger partial charge on any atom is 0.494 e. The van der Waals surface area contributed by atoms with E-state index in [0.29, 0.717) is 0 Å². The third kappa shape index (κ3) is 3.88. The van der Waals surface area contributed by atoms with Crippen molar-refractivity contribution in [2.24, 2.45) is 0 Å². The number of rotatable bonds is 3. The van der Waals surface area contributed by atoms with Crippen molar-refractivity contribution in [1.29, 1.82) is 0 Å². The lowest BCUT2D eigenvalue weighted by atomic mass is 9.78. The molecule has 6 aromatic carbocycles. The highest BCUT2D eigenvalue weighted by atomic mass is 16.7. The quantitative estimate of drug-likeness (QED) is 0.176. The number of hydrogen-bond acceptors (Lipinski definition) is 2. The fraction of sp³-hybridized carbons (Fsp3) is 0.167. The molecular formula is C36H31BO2. The number of hydrogen-bond donors (Lipinski definition) is 0. The minimum absolute atomic E-state index is 0.353. The molecule has 0 bridgehead atoms. The van der Waals surface area contributed by atoms with Crippen molar-refractivity contribution in [1.82, 2.24) is 0 Å². The summed E-state index contributed by atoms with van der Waals surface area (Å²) in [5.41, 5.74) is 5.16. The van der Waals surface area contributed by atoms with Gasteiger partial charge in [-0.25, -0.2) is 0 Å². The van der Waals surface area contributed by atoms with Gasteiger partial charge in [0.2, 0.25) is 0 Å². The van der Waals surface area contributed by atoms with Crippen LogP contribution in [-0.4, -0.2) is 18.3 Å². The topological polar surface area (TPSA) is 18.5 Å². The Kier molecular flexibility index (Phi) is 5.45. The van der Waals surface area contributed by atoms with Gasteiger partial charge in [0.1, 0.15) is 0 Å². The molecule has 6 aromatic rings. The molecular weight excluding hydrogens is 475 g/mol. The molecule has 0 aliphatic carbocycles. The van der Waals surface area contributed by atoms with Crippen LogP contribution in [0.1, 0.15) is 27.7 Å². The van der Waals surface area contributed by atoms with Gasteiger partial charge in [-0.2, -0.15) is 0 Å². The maximum atomic E-state index is 6.27. The monoisotopic (exact) mass is 506 g/mol. The van der Waals surface area contributed by atoms with Gasteiger partial charge in [-0.15, -0.1) is 0 Å². The summed E-state index contributed by atoms with van der Waals surface area (Å²) in [4.78, 5) is 0. The predicted octanol–water partition coefficient (Wildman–Crippen LogP) is 8.78. The van der Waals surface area contributed by atoms with E-state index in [1.54, 1.807) is 0 Å². The molecule has 1 aliphatic heterocycles. The Morgan fingerprint density at radius 1 is 0.436 bits per heavy atom. The van der Waals surface area contributed by atoms with Crippen molar-refractivity contribution in [3.63, 3.8) is 0 Å². The van der Waals surface area contributed by atoms with Crippen molar-refractivity contribution in [2.45, 2.75) is 38.9 Å². The van der Waals surface area contributed by atoms with Gasteiger partial charge in [0, 0.05) is 0 Å². The molecule has 0 unspecified atom stereocenters. The normalized spacial score (nSPS) is 16.4. The molecule has 1 fully saturated rings. The maximum absolute atomic E-state index is 6.27. The molecule has 2 nitrogen and oxygen atoms in total. The molecule has 7 rings (SSSR count). The van der Waals surface area contributed by atoms with Crippen LogP contribution in [0, 0.1) is 0 Å². The molecule has 3 heteroatoms. The van der Waals surface area contributed by atoms with Crippen LogP contribution in [-0.2, 0) is 9.31 Å². The SMILES string of the molecule is CC1(C)OB(c2ccc(-c3ccccc3-c3ccc4c5ccccc5c5ccccc5c4c3)cc2)OC1(C)C. The van der Waals surface area contributed by atoms with Gasteiger partial charge >= 0.3 is 7.12 Å². The van der Waals surface area contributed by atoms with Gasteiger partial charge in [-0.05, 0) is 93.8 Å². The van der Waals surface area contributed by atoms with Crippen molar-refractivity contribution in [3.05, 3.63) is 115 Å². The largest absolute Gasteiger partial charge is 0.494 e. The predicted molar refractivity (Wildman–Crippen MR) is 166 cm³/mol. The smallest absolute Gasteiger partial charge is 0.399 e. The third-order valence-electron chi connectivity index (χ3n) is 8.73. The van der Waals surface area contributed by atoms with Crippen LogP contribution in [0.2, 0.25) is 0 Å². The Hall–Kier alpha value is -3.92. The highest BCUT2D eigenvalue weighted by Gasteiger charge is 2.51. The molecule has 0 saturated carbocycles. The van der Waals surface area contributed by atoms with Crippen LogP contribution in [0.25, 0.3) is 54.6 Å². The molecule has 1 saturated heterocycles. The fourth-order valence-corrected chi connectivity index (χ4v) is 5.86. The van der Waals surface area contributed by atoms with Crippen LogP contribution in [0.5, 0.6) is 0 Å². The molecule has 1 heterocycles. The summed E-state index contributed by atoms with van der Waals surface area (Å²) in [5, 5.41) is 7.76. The summed E-state index contributed by atoms with van der Waals surface area (Å²) >= 11 is 0. The highest BCUT2D eigenvalue weighted by molar-refractivity contribution is 6.62. The summed E-state index contributed by atoms with van der Waals surface area (Å²) in [6, 6.07) is 41.7. The second-order valence-electron chi connectivity index (χ2n) is 11.6. The Bertz CT molecular complexity index is 1820. The highest BCUT2D eigenvalue weighted by Crippen LogP contribution is 2.40. The van der Waals surface area contributed by atoms with Gasteiger partial charge in [0.05, 0.1) is 11.2 Å². The van der Waals surface area contributed by atoms with E-state index in [4.69, 9.17) is 9.31 Å². The van der Waals surface area contributed by atoms with Gasteiger partial charge in [0.25, 0.3) is 0 Å². The van der Waals surface area contributed by atoms with Crippen LogP contribution in [0.15, 0.2) is 115 Å². The Morgan fingerprint density at radius 3 is 1.38 bits per heavy atom. The fourth-order valence-electron chi connectivity index (χ4n) is 5.86. The van der Waals surface area contributed by atoms with E-state index < -0.39 is 0 Å². The Morgan fingerprint density at radius 2 is 0.846 bits per heavy atom. The summed E-state index contributed by atoms with van der Waals surface area (Å²) in [6.45, 7) is 8.36. The Labute approximate surface area is 230 Å². The van der Waals surface area contributed by atoms with Crippen LogP contribution >= 0.6 is 0 Å². The van der Waals surface area contributed by atoms with Gasteiger partial charge in [0.15, 0.2) is 0 Å². The van der Waals surface area contributed by atoms with Crippen molar-refractivity contribution < 1.29 is 9.31 Å². The molecule has 0 aromatic heterocycles. The van der Waals surface area contributed by atoms with E-state index in [9.17, 15) is 0 Å². The molecule has 0 atom stereocenters. The van der Waals surface area contributed by atoms with Crippen LogP contribution in [0.4, 0.5) is 0 Å². The molecule has 190 valence electrons. The van der Waals surface area contributed by atoms with Gasteiger partial charge in [-0.1, -0.05) is 109 Å². The third-order valence-corrected chi connectivity index (χ3v) is 8.73. The summed E-state index contributed by atoms with van der Waals surface area (Å²) < 4.78 is 12.5. The average Bonchev–Trinajstić information content (AvgIpc) is 3.19. The van der Waals surface area contributed by atoms with Gasteiger partial charge < -0.3 is 9.31 Å². The van der Waals surface area contributed by atoms with E-state index in [1.165, 1.54) is 54.6 Å². The lowest BCUT2D eigenvalue weighted by molar-refractivity contribution is 0.00578. The van der Waals surface area contributed by atoms with Crippen LogP contribution < -0.4 is 5.46 Å². The number of benzene rings is 6. The molecule has 0 spiro atoms. The minimum atomic E-state index is -0.358. The van der Waals surface area contributed by atoms with Crippen molar-refractivity contribution in [2.75, 3.05) is 0 Å². The molecule has 0 amide bonds. The van der Waals surface area contributed by atoms with E-state index in [0.717, 1.165) is 5.46 Å². The zero-order chi connectivity index (χ0) is 26.8. The lowest BCUT2D eigenvalue weighted by Gasteiger charge is -2.32. The van der Waals surface area contributed by atoms with E-state index in [1.807, 2.05) is 0 Å². The molecule has 0 radical (unpaired) electrons. The van der Waals surface area contributed by atoms with E-state index in [-0.39, 0.29) is 18.3 Å². The van der Waals surface area contributed by atoms with E-state index >= 15 is 0 Å². The second-order valence-corrected chi connectivity index (χ2v) is 11.6. The zero-order valence-electron chi connectivity index (χ0n) is 22.9. The molecule has 39 heavy (non-hydrogen) atoms. The summed E-state index contributed by atoms with van der Waals surface area (Å²) in [6.07, 6.45) is 0. The standard InChI is InChI=1S/C36H31BO2/c1-35(2)36(3,4)39-37(38-35)26-20-17-24(18-21-26)27-11-5-6-12-28(27)25-19-22-33-31-15-8-7-13-29(31)30-14-9-10-16-32(30)34(33)23-25/h5-23H,1-4H3. The zero-order valence-corrected chi connectivity index (χ0v) is 22.9. The molecule has 0 N–H and O–H groups in total. The summed E-state index contributed by atoms with van der Waals surface area (Å²) in [7, 11) is -0.358. The first-order valence-corrected chi connectivity index (χ1v) is 13.7. The first-order chi connectivity index (χ1) is 18.8. The first-order valence-electron chi connectivity index (χ1n) is 13.7. The van der Waals surface area contributed by atoms with Gasteiger partial charge in [-0.3, -0.25) is 0 Å². The van der Waals surface area contributed by atoms with Crippen LogP contribution in [0.3, 0.4) is 0 Å². The summed E-state index contributed by atoms with van der Waals surface area (Å²) in [5.74, 6) is 0. The first kappa shape index (κ1) is 24.1. The molecule has 1 aliphatic rings. The van der Waals surface area contributed by atoms with Crippen molar-refractivity contribution in [3.8, 4) is 22.3 Å². The Balaban J connectivity index is 1.32.